The molecule has 2 fully saturated rings. The number of hydrogen-bond acceptors (Lipinski definition) is 5. The highest BCUT2D eigenvalue weighted by Gasteiger charge is 2.70. The van der Waals surface area contributed by atoms with E-state index in [2.05, 4.69) is 15.5 Å². The number of likely N-dealkylation sites (tertiary alicyclic amines) is 1. The van der Waals surface area contributed by atoms with Gasteiger partial charge in [0, 0.05) is 30.5 Å². The van der Waals surface area contributed by atoms with Crippen LogP contribution in [0, 0.1) is 5.41 Å². The number of alkyl halides is 2. The summed E-state index contributed by atoms with van der Waals surface area (Å²) in [5.74, 6) is -2.34. The number of nitrogens with zero attached hydrogens (tertiary/aromatic N) is 3. The zero-order valence-electron chi connectivity index (χ0n) is 14.4. The van der Waals surface area contributed by atoms with Crippen molar-refractivity contribution < 1.29 is 18.0 Å². The topological polar surface area (TPSA) is 71.3 Å². The third-order valence-corrected chi connectivity index (χ3v) is 5.40. The monoisotopic (exact) mass is 362 g/mol. The minimum absolute atomic E-state index is 0.0416. The van der Waals surface area contributed by atoms with Crippen LogP contribution in [0.3, 0.4) is 0 Å². The molecule has 2 aromatic rings. The summed E-state index contributed by atoms with van der Waals surface area (Å²) in [5, 5.41) is 10.8. The molecule has 0 unspecified atom stereocenters. The Morgan fingerprint density at radius 1 is 1.23 bits per heavy atom. The normalized spacial score (nSPS) is 21.4. The average Bonchev–Trinajstić information content (AvgIpc) is 2.98. The lowest BCUT2D eigenvalue weighted by atomic mass is 9.92. The summed E-state index contributed by atoms with van der Waals surface area (Å²) >= 11 is 0. The Morgan fingerprint density at radius 3 is 2.50 bits per heavy atom. The van der Waals surface area contributed by atoms with Gasteiger partial charge >= 0.3 is 6.01 Å². The van der Waals surface area contributed by atoms with Crippen molar-refractivity contribution >= 4 is 11.9 Å². The summed E-state index contributed by atoms with van der Waals surface area (Å²) in [7, 11) is 0. The van der Waals surface area contributed by atoms with Crippen LogP contribution in [-0.2, 0) is 4.79 Å². The van der Waals surface area contributed by atoms with E-state index in [1.807, 2.05) is 30.3 Å². The van der Waals surface area contributed by atoms with E-state index in [-0.39, 0.29) is 18.3 Å². The number of rotatable bonds is 4. The van der Waals surface area contributed by atoms with E-state index in [9.17, 15) is 13.6 Å². The SMILES string of the molecule is C[C@H](Nc1nnc(-c2ccccc2)o1)C(=O)N1CCC2(CC1)CC2(F)F. The highest BCUT2D eigenvalue weighted by Crippen LogP contribution is 2.65. The summed E-state index contributed by atoms with van der Waals surface area (Å²) in [6, 6.07) is 8.91. The third kappa shape index (κ3) is 2.93. The van der Waals surface area contributed by atoms with Crippen molar-refractivity contribution in [3.63, 3.8) is 0 Å². The molecule has 2 aliphatic rings. The van der Waals surface area contributed by atoms with Gasteiger partial charge in [-0.2, -0.15) is 0 Å². The molecular weight excluding hydrogens is 342 g/mol. The van der Waals surface area contributed by atoms with Crippen molar-refractivity contribution in [2.24, 2.45) is 5.41 Å². The first-order valence-corrected chi connectivity index (χ1v) is 8.72. The van der Waals surface area contributed by atoms with Crippen LogP contribution < -0.4 is 5.32 Å². The summed E-state index contributed by atoms with van der Waals surface area (Å²) in [5.41, 5.74) is -0.0731. The molecule has 6 nitrogen and oxygen atoms in total. The molecule has 1 spiro atoms. The average molecular weight is 362 g/mol. The van der Waals surface area contributed by atoms with Gasteiger partial charge in [-0.05, 0) is 31.9 Å². The fourth-order valence-corrected chi connectivity index (χ4v) is 3.58. The van der Waals surface area contributed by atoms with Gasteiger partial charge in [-0.15, -0.1) is 5.10 Å². The predicted molar refractivity (Wildman–Crippen MR) is 90.6 cm³/mol. The van der Waals surface area contributed by atoms with E-state index in [4.69, 9.17) is 4.42 Å². The van der Waals surface area contributed by atoms with Gasteiger partial charge < -0.3 is 14.6 Å². The van der Waals surface area contributed by atoms with Gasteiger partial charge in [0.1, 0.15) is 6.04 Å². The Kier molecular flexibility index (Phi) is 3.93. The maximum Gasteiger partial charge on any atom is 0.316 e. The number of hydrogen-bond donors (Lipinski definition) is 1. The summed E-state index contributed by atoms with van der Waals surface area (Å²) in [4.78, 5) is 14.2. The molecule has 4 rings (SSSR count). The quantitative estimate of drug-likeness (QED) is 0.904. The number of carbonyl (C=O) groups excluding carboxylic acids is 1. The van der Waals surface area contributed by atoms with Gasteiger partial charge in [0.05, 0.1) is 0 Å². The van der Waals surface area contributed by atoms with Crippen LogP contribution in [0.25, 0.3) is 11.5 Å². The molecule has 138 valence electrons. The first kappa shape index (κ1) is 16.9. The molecule has 1 N–H and O–H groups in total. The molecule has 0 bridgehead atoms. The van der Waals surface area contributed by atoms with Crippen LogP contribution in [0.15, 0.2) is 34.7 Å². The number of aromatic nitrogens is 2. The van der Waals surface area contributed by atoms with E-state index in [0.29, 0.717) is 31.8 Å². The van der Waals surface area contributed by atoms with Crippen LogP contribution in [0.1, 0.15) is 26.2 Å². The largest absolute Gasteiger partial charge is 0.403 e. The molecule has 8 heteroatoms. The minimum atomic E-state index is -2.55. The standard InChI is InChI=1S/C18H20F2N4O2/c1-12(15(25)24-9-7-17(8-10-24)11-18(17,19)20)21-16-23-22-14(26-16)13-5-3-2-4-6-13/h2-6,12H,7-11H2,1H3,(H,21,23)/t12-/m0/s1. The summed E-state index contributed by atoms with van der Waals surface area (Å²) in [6.45, 7) is 2.42. The molecule has 1 atom stereocenters. The number of anilines is 1. The Hall–Kier alpha value is -2.51. The van der Waals surface area contributed by atoms with Crippen molar-refractivity contribution in [1.82, 2.24) is 15.1 Å². The lowest BCUT2D eigenvalue weighted by molar-refractivity contribution is -0.134. The third-order valence-electron chi connectivity index (χ3n) is 5.40. The maximum absolute atomic E-state index is 13.4. The number of halogens is 2. The van der Waals surface area contributed by atoms with Gasteiger partial charge in [0.25, 0.3) is 5.92 Å². The fraction of sp³-hybridized carbons (Fsp3) is 0.500. The lowest BCUT2D eigenvalue weighted by Crippen LogP contribution is -2.46. The molecule has 1 saturated carbocycles. The molecule has 1 aromatic heterocycles. The number of amides is 1. The van der Waals surface area contributed by atoms with Gasteiger partial charge in [-0.25, -0.2) is 8.78 Å². The van der Waals surface area contributed by atoms with Gasteiger partial charge in [-0.3, -0.25) is 4.79 Å². The number of piperidine rings is 1. The Labute approximate surface area is 149 Å². The lowest BCUT2D eigenvalue weighted by Gasteiger charge is -2.33. The number of benzene rings is 1. The van der Waals surface area contributed by atoms with Gasteiger partial charge in [0.15, 0.2) is 0 Å². The second-order valence-electron chi connectivity index (χ2n) is 7.13. The molecule has 1 aliphatic heterocycles. The van der Waals surface area contributed by atoms with Crippen LogP contribution in [0.2, 0.25) is 0 Å². The van der Waals surface area contributed by atoms with Crippen LogP contribution >= 0.6 is 0 Å². The molecule has 26 heavy (non-hydrogen) atoms. The zero-order chi connectivity index (χ0) is 18.4. The molecule has 1 aliphatic carbocycles. The van der Waals surface area contributed by atoms with Crippen LogP contribution in [-0.4, -0.2) is 46.1 Å². The zero-order valence-corrected chi connectivity index (χ0v) is 14.4. The molecule has 1 aromatic carbocycles. The first-order chi connectivity index (χ1) is 12.4. The van der Waals surface area contributed by atoms with E-state index < -0.39 is 17.4 Å². The second kappa shape index (κ2) is 6.03. The molecular formula is C18H20F2N4O2. The predicted octanol–water partition coefficient (Wildman–Crippen LogP) is 3.18. The number of carbonyl (C=O) groups is 1. The van der Waals surface area contributed by atoms with E-state index in [0.717, 1.165) is 5.56 Å². The Morgan fingerprint density at radius 2 is 1.88 bits per heavy atom. The highest BCUT2D eigenvalue weighted by atomic mass is 19.3. The molecule has 2 heterocycles. The van der Waals surface area contributed by atoms with Crippen LogP contribution in [0.5, 0.6) is 0 Å². The Bertz CT molecular complexity index is 801. The fourth-order valence-electron chi connectivity index (χ4n) is 3.58. The second-order valence-corrected chi connectivity index (χ2v) is 7.13. The van der Waals surface area contributed by atoms with Crippen molar-refractivity contribution in [3.8, 4) is 11.5 Å². The van der Waals surface area contributed by atoms with Gasteiger partial charge in [-0.1, -0.05) is 23.3 Å². The van der Waals surface area contributed by atoms with Crippen molar-refractivity contribution in [2.75, 3.05) is 18.4 Å². The highest BCUT2D eigenvalue weighted by molar-refractivity contribution is 5.83. The Balaban J connectivity index is 1.34. The maximum atomic E-state index is 13.4. The molecule has 0 radical (unpaired) electrons. The van der Waals surface area contributed by atoms with Crippen molar-refractivity contribution in [3.05, 3.63) is 30.3 Å². The van der Waals surface area contributed by atoms with Gasteiger partial charge in [0.2, 0.25) is 11.8 Å². The van der Waals surface area contributed by atoms with E-state index in [1.54, 1.807) is 11.8 Å². The molecule has 1 saturated heterocycles. The minimum Gasteiger partial charge on any atom is -0.403 e. The smallest absolute Gasteiger partial charge is 0.316 e. The summed E-state index contributed by atoms with van der Waals surface area (Å²) in [6.07, 6.45) is 0.675. The van der Waals surface area contributed by atoms with E-state index >= 15 is 0 Å². The van der Waals surface area contributed by atoms with Crippen LogP contribution in [0.4, 0.5) is 14.8 Å². The summed E-state index contributed by atoms with van der Waals surface area (Å²) < 4.78 is 32.4. The first-order valence-electron chi connectivity index (χ1n) is 8.72. The number of nitrogens with one attached hydrogen (secondary N) is 1. The van der Waals surface area contributed by atoms with Crippen molar-refractivity contribution in [2.45, 2.75) is 38.2 Å². The van der Waals surface area contributed by atoms with Crippen molar-refractivity contribution in [1.29, 1.82) is 0 Å². The molecule has 1 amide bonds. The van der Waals surface area contributed by atoms with E-state index in [1.165, 1.54) is 0 Å².